The highest BCUT2D eigenvalue weighted by atomic mass is 15.3. The van der Waals surface area contributed by atoms with Gasteiger partial charge in [-0.05, 0) is 30.0 Å². The lowest BCUT2D eigenvalue weighted by Crippen LogP contribution is -2.37. The van der Waals surface area contributed by atoms with Gasteiger partial charge in [-0.15, -0.1) is 0 Å². The van der Waals surface area contributed by atoms with Crippen molar-refractivity contribution in [3.8, 4) is 0 Å². The van der Waals surface area contributed by atoms with E-state index in [1.165, 1.54) is 23.4 Å². The number of para-hydroxylation sites is 1. The van der Waals surface area contributed by atoms with E-state index in [0.717, 1.165) is 19.6 Å². The topological polar surface area (TPSA) is 33.1 Å². The van der Waals surface area contributed by atoms with Crippen LogP contribution in [0.4, 0.5) is 5.69 Å². The maximum Gasteiger partial charge on any atom is 0.0518 e. The van der Waals surface area contributed by atoms with Crippen molar-refractivity contribution in [2.24, 2.45) is 13.0 Å². The zero-order chi connectivity index (χ0) is 13.9. The molecule has 1 N–H and O–H groups in total. The Morgan fingerprint density at radius 3 is 2.90 bits per heavy atom. The van der Waals surface area contributed by atoms with Crippen LogP contribution in [0, 0.1) is 5.92 Å². The lowest BCUT2D eigenvalue weighted by molar-refractivity contribution is 0.455. The molecule has 0 amide bonds. The van der Waals surface area contributed by atoms with Gasteiger partial charge in [0.25, 0.3) is 0 Å². The van der Waals surface area contributed by atoms with E-state index in [9.17, 15) is 0 Å². The van der Waals surface area contributed by atoms with Gasteiger partial charge in [0.15, 0.2) is 0 Å². The molecule has 0 aliphatic carbocycles. The number of rotatable bonds is 4. The highest BCUT2D eigenvalue weighted by Crippen LogP contribution is 2.27. The van der Waals surface area contributed by atoms with Crippen LogP contribution >= 0.6 is 0 Å². The Kier molecular flexibility index (Phi) is 3.74. The molecule has 1 aliphatic heterocycles. The van der Waals surface area contributed by atoms with Crippen LogP contribution in [0.2, 0.25) is 0 Å². The minimum atomic E-state index is 0.670. The van der Waals surface area contributed by atoms with Gasteiger partial charge in [0.05, 0.1) is 5.69 Å². The Morgan fingerprint density at radius 1 is 1.25 bits per heavy atom. The highest BCUT2D eigenvalue weighted by Gasteiger charge is 2.21. The molecule has 1 atom stereocenters. The molecule has 0 saturated heterocycles. The fourth-order valence-corrected chi connectivity index (χ4v) is 3.03. The normalized spacial score (nSPS) is 18.1. The van der Waals surface area contributed by atoms with Crippen molar-refractivity contribution >= 4 is 5.69 Å². The summed E-state index contributed by atoms with van der Waals surface area (Å²) >= 11 is 0. The molecule has 0 bridgehead atoms. The number of hydrogen-bond acceptors (Lipinski definition) is 3. The average Bonchev–Trinajstić information content (AvgIpc) is 2.85. The van der Waals surface area contributed by atoms with Gasteiger partial charge in [0.2, 0.25) is 0 Å². The number of benzene rings is 1. The van der Waals surface area contributed by atoms with Crippen molar-refractivity contribution in [2.75, 3.05) is 25.0 Å². The highest BCUT2D eigenvalue weighted by molar-refractivity contribution is 5.55. The van der Waals surface area contributed by atoms with Gasteiger partial charge >= 0.3 is 0 Å². The Bertz CT molecular complexity index is 575. The predicted molar refractivity (Wildman–Crippen MR) is 81.8 cm³/mol. The Morgan fingerprint density at radius 2 is 2.10 bits per heavy atom. The molecule has 20 heavy (non-hydrogen) atoms. The maximum atomic E-state index is 4.19. The largest absolute Gasteiger partial charge is 0.374 e. The molecular weight excluding hydrogens is 248 g/mol. The monoisotopic (exact) mass is 270 g/mol. The van der Waals surface area contributed by atoms with Crippen LogP contribution in [0.25, 0.3) is 0 Å². The summed E-state index contributed by atoms with van der Waals surface area (Å²) in [6, 6.07) is 10.8. The number of aromatic nitrogens is 2. The van der Waals surface area contributed by atoms with Crippen LogP contribution in [-0.4, -0.2) is 29.9 Å². The first-order valence-electron chi connectivity index (χ1n) is 7.20. The third kappa shape index (κ3) is 2.70. The molecule has 0 saturated carbocycles. The Balaban J connectivity index is 1.56. The second-order valence-electron chi connectivity index (χ2n) is 5.66. The first-order chi connectivity index (χ1) is 9.74. The van der Waals surface area contributed by atoms with E-state index in [1.807, 2.05) is 17.9 Å². The van der Waals surface area contributed by atoms with Gasteiger partial charge in [0, 0.05) is 45.6 Å². The summed E-state index contributed by atoms with van der Waals surface area (Å²) in [5.74, 6) is 0.670. The van der Waals surface area contributed by atoms with Crippen LogP contribution in [0.3, 0.4) is 0 Å². The van der Waals surface area contributed by atoms with Gasteiger partial charge < -0.3 is 10.2 Å². The lowest BCUT2D eigenvalue weighted by Gasteiger charge is -2.33. The third-order valence-corrected chi connectivity index (χ3v) is 4.11. The van der Waals surface area contributed by atoms with Crippen molar-refractivity contribution < 1.29 is 0 Å². The number of anilines is 1. The molecule has 0 unspecified atom stereocenters. The van der Waals surface area contributed by atoms with Crippen LogP contribution in [0.1, 0.15) is 11.3 Å². The van der Waals surface area contributed by atoms with E-state index in [-0.39, 0.29) is 0 Å². The summed E-state index contributed by atoms with van der Waals surface area (Å²) in [6.45, 7) is 3.05. The zero-order valence-corrected chi connectivity index (χ0v) is 12.2. The number of nitrogens with zero attached hydrogens (tertiary/aromatic N) is 3. The standard InChI is InChI=1S/C16H22N4/c1-19-12-13(9-14-5-3-4-6-16(14)19)10-17-11-15-7-8-18-20(15)2/h3-8,13,17H,9-12H2,1-2H3/t13-/m0/s1. The fraction of sp³-hybridized carbons (Fsp3) is 0.438. The molecular formula is C16H22N4. The SMILES string of the molecule is CN1C[C@H](CNCc2ccnn2C)Cc2ccccc21. The molecule has 106 valence electrons. The second kappa shape index (κ2) is 5.67. The molecule has 3 rings (SSSR count). The number of nitrogens with one attached hydrogen (secondary N) is 1. The molecule has 4 nitrogen and oxygen atoms in total. The molecule has 0 fully saturated rings. The zero-order valence-electron chi connectivity index (χ0n) is 12.2. The van der Waals surface area contributed by atoms with Crippen molar-refractivity contribution in [3.05, 3.63) is 47.8 Å². The van der Waals surface area contributed by atoms with Crippen molar-refractivity contribution in [1.29, 1.82) is 0 Å². The summed E-state index contributed by atoms with van der Waals surface area (Å²) in [4.78, 5) is 2.37. The maximum absolute atomic E-state index is 4.19. The number of hydrogen-bond donors (Lipinski definition) is 1. The first-order valence-corrected chi connectivity index (χ1v) is 7.20. The first kappa shape index (κ1) is 13.2. The minimum absolute atomic E-state index is 0.670. The number of aryl methyl sites for hydroxylation is 1. The van der Waals surface area contributed by atoms with Gasteiger partial charge in [-0.3, -0.25) is 4.68 Å². The third-order valence-electron chi connectivity index (χ3n) is 4.11. The van der Waals surface area contributed by atoms with E-state index < -0.39 is 0 Å². The Labute approximate surface area is 120 Å². The smallest absolute Gasteiger partial charge is 0.0518 e. The summed E-state index contributed by atoms with van der Waals surface area (Å²) in [5.41, 5.74) is 4.08. The minimum Gasteiger partial charge on any atom is -0.374 e. The molecule has 2 aromatic rings. The Hall–Kier alpha value is -1.81. The van der Waals surface area contributed by atoms with Crippen LogP contribution < -0.4 is 10.2 Å². The average molecular weight is 270 g/mol. The molecule has 0 radical (unpaired) electrons. The van der Waals surface area contributed by atoms with Gasteiger partial charge in [-0.25, -0.2) is 0 Å². The van der Waals surface area contributed by atoms with E-state index in [1.54, 1.807) is 0 Å². The van der Waals surface area contributed by atoms with E-state index in [0.29, 0.717) is 5.92 Å². The molecule has 1 aliphatic rings. The van der Waals surface area contributed by atoms with Gasteiger partial charge in [0.1, 0.15) is 0 Å². The van der Waals surface area contributed by atoms with Crippen LogP contribution in [0.15, 0.2) is 36.5 Å². The van der Waals surface area contributed by atoms with E-state index >= 15 is 0 Å². The molecule has 1 aromatic heterocycles. The molecule has 2 heterocycles. The summed E-state index contributed by atoms with van der Waals surface area (Å²) in [6.07, 6.45) is 3.01. The van der Waals surface area contributed by atoms with Gasteiger partial charge in [-0.1, -0.05) is 18.2 Å². The summed E-state index contributed by atoms with van der Waals surface area (Å²) in [5, 5.41) is 7.75. The van der Waals surface area contributed by atoms with Crippen LogP contribution in [-0.2, 0) is 20.0 Å². The summed E-state index contributed by atoms with van der Waals surface area (Å²) < 4.78 is 1.93. The number of fused-ring (bicyclic) bond motifs is 1. The molecule has 4 heteroatoms. The van der Waals surface area contributed by atoms with E-state index in [4.69, 9.17) is 0 Å². The predicted octanol–water partition coefficient (Wildman–Crippen LogP) is 1.82. The van der Waals surface area contributed by atoms with Crippen molar-refractivity contribution in [1.82, 2.24) is 15.1 Å². The van der Waals surface area contributed by atoms with Gasteiger partial charge in [-0.2, -0.15) is 5.10 Å². The fourth-order valence-electron chi connectivity index (χ4n) is 3.03. The van der Waals surface area contributed by atoms with Crippen LogP contribution in [0.5, 0.6) is 0 Å². The summed E-state index contributed by atoms with van der Waals surface area (Å²) in [7, 11) is 4.17. The molecule has 1 aromatic carbocycles. The quantitative estimate of drug-likeness (QED) is 0.920. The van der Waals surface area contributed by atoms with E-state index in [2.05, 4.69) is 52.7 Å². The lowest BCUT2D eigenvalue weighted by atomic mass is 9.93. The van der Waals surface area contributed by atoms with Crippen molar-refractivity contribution in [3.63, 3.8) is 0 Å². The van der Waals surface area contributed by atoms with Crippen molar-refractivity contribution in [2.45, 2.75) is 13.0 Å². The second-order valence-corrected chi connectivity index (χ2v) is 5.66. The molecule has 0 spiro atoms.